The Hall–Kier alpha value is -0.740. The van der Waals surface area contributed by atoms with Gasteiger partial charge in [0.05, 0.1) is 10.8 Å². The Labute approximate surface area is 97.7 Å². The Kier molecular flexibility index (Phi) is 3.40. The van der Waals surface area contributed by atoms with Gasteiger partial charge in [0.25, 0.3) is 0 Å². The Morgan fingerprint density at radius 1 is 1.50 bits per heavy atom. The van der Waals surface area contributed by atoms with Gasteiger partial charge in [0.2, 0.25) is 0 Å². The minimum Gasteiger partial charge on any atom is -0.308 e. The molecule has 4 heteroatoms. The van der Waals surface area contributed by atoms with Crippen LogP contribution < -0.4 is 5.32 Å². The number of hydrogen-bond donors (Lipinski definition) is 1. The first-order chi connectivity index (χ1) is 7.58. The maximum Gasteiger partial charge on any atom is 0.124 e. The Balaban J connectivity index is 2.36. The van der Waals surface area contributed by atoms with E-state index < -0.39 is 10.8 Å². The number of benzene rings is 1. The molecule has 0 amide bonds. The van der Waals surface area contributed by atoms with Crippen molar-refractivity contribution in [3.8, 4) is 0 Å². The zero-order chi connectivity index (χ0) is 11.7. The van der Waals surface area contributed by atoms with Crippen molar-refractivity contribution in [2.45, 2.75) is 37.2 Å². The first kappa shape index (κ1) is 11.7. The molecule has 1 heterocycles. The van der Waals surface area contributed by atoms with E-state index >= 15 is 0 Å². The van der Waals surface area contributed by atoms with Gasteiger partial charge in [-0.2, -0.15) is 0 Å². The van der Waals surface area contributed by atoms with Crippen molar-refractivity contribution in [1.82, 2.24) is 5.32 Å². The second-order valence-corrected chi connectivity index (χ2v) is 5.93. The van der Waals surface area contributed by atoms with E-state index in [1.807, 2.05) is 0 Å². The lowest BCUT2D eigenvalue weighted by Gasteiger charge is -2.27. The second-order valence-electron chi connectivity index (χ2n) is 4.39. The van der Waals surface area contributed by atoms with Gasteiger partial charge in [0, 0.05) is 22.7 Å². The van der Waals surface area contributed by atoms with E-state index in [1.54, 1.807) is 6.07 Å². The lowest BCUT2D eigenvalue weighted by molar-refractivity contribution is 0.455. The Morgan fingerprint density at radius 3 is 2.94 bits per heavy atom. The van der Waals surface area contributed by atoms with E-state index in [1.165, 1.54) is 12.1 Å². The van der Waals surface area contributed by atoms with Crippen LogP contribution in [0.15, 0.2) is 23.1 Å². The molecule has 2 unspecified atom stereocenters. The van der Waals surface area contributed by atoms with Crippen LogP contribution in [-0.4, -0.2) is 16.0 Å². The summed E-state index contributed by atoms with van der Waals surface area (Å²) >= 11 is 0. The van der Waals surface area contributed by atoms with E-state index in [4.69, 9.17) is 0 Å². The van der Waals surface area contributed by atoms with Gasteiger partial charge in [0.15, 0.2) is 0 Å². The minimum atomic E-state index is -1.04. The smallest absolute Gasteiger partial charge is 0.124 e. The molecule has 0 saturated heterocycles. The summed E-state index contributed by atoms with van der Waals surface area (Å²) < 4.78 is 24.9. The van der Waals surface area contributed by atoms with Gasteiger partial charge in [-0.25, -0.2) is 4.39 Å². The highest BCUT2D eigenvalue weighted by atomic mass is 32.2. The number of rotatable bonds is 2. The molecule has 2 rings (SSSR count). The topological polar surface area (TPSA) is 29.1 Å². The molecule has 1 N–H and O–H groups in total. The third kappa shape index (κ3) is 2.33. The quantitative estimate of drug-likeness (QED) is 0.861. The van der Waals surface area contributed by atoms with Crippen molar-refractivity contribution in [2.75, 3.05) is 5.75 Å². The monoisotopic (exact) mass is 241 g/mol. The number of hydrogen-bond acceptors (Lipinski definition) is 2. The van der Waals surface area contributed by atoms with Gasteiger partial charge in [-0.15, -0.1) is 0 Å². The maximum absolute atomic E-state index is 13.1. The molecule has 0 aromatic heterocycles. The summed E-state index contributed by atoms with van der Waals surface area (Å²) in [6.45, 7) is 4.16. The second kappa shape index (κ2) is 4.63. The van der Waals surface area contributed by atoms with Crippen LogP contribution in [0.3, 0.4) is 0 Å². The van der Waals surface area contributed by atoms with E-state index in [-0.39, 0.29) is 11.9 Å². The number of nitrogens with one attached hydrogen (secondary N) is 1. The van der Waals surface area contributed by atoms with Crippen molar-refractivity contribution >= 4 is 10.8 Å². The highest BCUT2D eigenvalue weighted by Gasteiger charge is 2.25. The normalized spacial score (nSPS) is 24.5. The molecule has 0 spiro atoms. The summed E-state index contributed by atoms with van der Waals surface area (Å²) in [6.07, 6.45) is 0.851. The fraction of sp³-hybridized carbons (Fsp3) is 0.500. The van der Waals surface area contributed by atoms with Crippen molar-refractivity contribution in [1.29, 1.82) is 0 Å². The van der Waals surface area contributed by atoms with Gasteiger partial charge < -0.3 is 5.32 Å². The molecule has 0 saturated carbocycles. The molecular formula is C12H16FNOS. The third-order valence-corrected chi connectivity index (χ3v) is 4.17. The average molecular weight is 241 g/mol. The van der Waals surface area contributed by atoms with Crippen LogP contribution >= 0.6 is 0 Å². The van der Waals surface area contributed by atoms with Gasteiger partial charge in [-0.3, -0.25) is 4.21 Å². The first-order valence-corrected chi connectivity index (χ1v) is 6.83. The highest BCUT2D eigenvalue weighted by molar-refractivity contribution is 7.85. The molecule has 2 nitrogen and oxygen atoms in total. The van der Waals surface area contributed by atoms with Crippen LogP contribution in [0, 0.1) is 5.82 Å². The van der Waals surface area contributed by atoms with Gasteiger partial charge in [-0.1, -0.05) is 19.9 Å². The largest absolute Gasteiger partial charge is 0.308 e. The van der Waals surface area contributed by atoms with E-state index in [9.17, 15) is 8.60 Å². The lowest BCUT2D eigenvalue weighted by atomic mass is 10.0. The van der Waals surface area contributed by atoms with Crippen LogP contribution in [0.25, 0.3) is 0 Å². The van der Waals surface area contributed by atoms with Crippen molar-refractivity contribution in [3.05, 3.63) is 29.6 Å². The third-order valence-electron chi connectivity index (χ3n) is 2.72. The molecule has 0 radical (unpaired) electrons. The van der Waals surface area contributed by atoms with Gasteiger partial charge in [-0.05, 0) is 24.1 Å². The average Bonchev–Trinajstić information content (AvgIpc) is 2.22. The van der Waals surface area contributed by atoms with Crippen LogP contribution in [0.2, 0.25) is 0 Å². The van der Waals surface area contributed by atoms with Crippen molar-refractivity contribution in [2.24, 2.45) is 0 Å². The molecule has 1 aromatic carbocycles. The van der Waals surface area contributed by atoms with Crippen LogP contribution in [0.4, 0.5) is 4.39 Å². The molecule has 1 aliphatic heterocycles. The van der Waals surface area contributed by atoms with Crippen molar-refractivity contribution < 1.29 is 8.60 Å². The van der Waals surface area contributed by atoms with Crippen LogP contribution in [-0.2, 0) is 10.8 Å². The summed E-state index contributed by atoms with van der Waals surface area (Å²) in [7, 11) is -1.04. The first-order valence-electron chi connectivity index (χ1n) is 5.52. The minimum absolute atomic E-state index is 0.202. The highest BCUT2D eigenvalue weighted by Crippen LogP contribution is 2.30. The van der Waals surface area contributed by atoms with E-state index in [2.05, 4.69) is 19.2 Å². The molecule has 1 aliphatic rings. The molecule has 2 atom stereocenters. The standard InChI is InChI=1S/C12H16FNOS/c1-8(2)14-11-5-6-16(15)12-7-9(13)3-4-10(11)12/h3-4,7-8,11,14H,5-6H2,1-2H3. The van der Waals surface area contributed by atoms with Crippen molar-refractivity contribution in [3.63, 3.8) is 0 Å². The summed E-state index contributed by atoms with van der Waals surface area (Å²) in [6, 6.07) is 5.17. The Morgan fingerprint density at radius 2 is 2.25 bits per heavy atom. The predicted molar refractivity (Wildman–Crippen MR) is 63.3 cm³/mol. The molecular weight excluding hydrogens is 225 g/mol. The predicted octanol–water partition coefficient (Wildman–Crippen LogP) is 2.38. The fourth-order valence-electron chi connectivity index (χ4n) is 2.06. The van der Waals surface area contributed by atoms with E-state index in [0.717, 1.165) is 12.0 Å². The van der Waals surface area contributed by atoms with Gasteiger partial charge in [0.1, 0.15) is 5.82 Å². The van der Waals surface area contributed by atoms with Crippen LogP contribution in [0.1, 0.15) is 31.9 Å². The summed E-state index contributed by atoms with van der Waals surface area (Å²) in [5, 5.41) is 3.42. The Bertz CT molecular complexity index is 419. The zero-order valence-electron chi connectivity index (χ0n) is 9.50. The maximum atomic E-state index is 13.1. The number of fused-ring (bicyclic) bond motifs is 1. The molecule has 0 aliphatic carbocycles. The zero-order valence-corrected chi connectivity index (χ0v) is 10.3. The fourth-order valence-corrected chi connectivity index (χ4v) is 3.45. The van der Waals surface area contributed by atoms with E-state index in [0.29, 0.717) is 16.7 Å². The summed E-state index contributed by atoms with van der Waals surface area (Å²) in [5.74, 6) is 0.304. The number of halogens is 1. The summed E-state index contributed by atoms with van der Waals surface area (Å²) in [5.41, 5.74) is 0.986. The molecule has 88 valence electrons. The van der Waals surface area contributed by atoms with Gasteiger partial charge >= 0.3 is 0 Å². The van der Waals surface area contributed by atoms with Crippen LogP contribution in [0.5, 0.6) is 0 Å². The molecule has 16 heavy (non-hydrogen) atoms. The SMILES string of the molecule is CC(C)NC1CCS(=O)c2cc(F)ccc21. The molecule has 1 aromatic rings. The molecule has 0 bridgehead atoms. The summed E-state index contributed by atoms with van der Waals surface area (Å²) in [4.78, 5) is 0.657. The lowest BCUT2D eigenvalue weighted by Crippen LogP contribution is -2.32. The molecule has 0 fully saturated rings.